The number of amides is 1. The van der Waals surface area contributed by atoms with Gasteiger partial charge < -0.3 is 10.2 Å². The molecule has 1 atom stereocenters. The number of halogens is 5. The molecule has 0 saturated carbocycles. The molecule has 1 fully saturated rings. The van der Waals surface area contributed by atoms with Crippen molar-refractivity contribution in [3.05, 3.63) is 68.7 Å². The summed E-state index contributed by atoms with van der Waals surface area (Å²) in [5, 5.41) is 6.83. The van der Waals surface area contributed by atoms with Gasteiger partial charge in [0.1, 0.15) is 0 Å². The maximum Gasteiger partial charge on any atom is 0.435 e. The molecule has 2 aromatic rings. The molecular weight excluding hydrogens is 472 g/mol. The molecule has 0 spiro atoms. The minimum absolute atomic E-state index is 0.0687. The van der Waals surface area contributed by atoms with Crippen LogP contribution in [0.1, 0.15) is 33.5 Å². The first kappa shape index (κ1) is 22.3. The molecule has 2 heterocycles. The third kappa shape index (κ3) is 4.25. The van der Waals surface area contributed by atoms with Crippen LogP contribution >= 0.6 is 35.0 Å². The first-order valence-corrected chi connectivity index (χ1v) is 11.3. The van der Waals surface area contributed by atoms with E-state index < -0.39 is 18.2 Å². The van der Waals surface area contributed by atoms with Crippen LogP contribution in [0.3, 0.4) is 0 Å². The zero-order valence-corrected chi connectivity index (χ0v) is 18.6. The Morgan fingerprint density at radius 1 is 1.19 bits per heavy atom. The van der Waals surface area contributed by atoms with Gasteiger partial charge in [-0.1, -0.05) is 34.4 Å². The van der Waals surface area contributed by atoms with Gasteiger partial charge >= 0.3 is 6.18 Å². The van der Waals surface area contributed by atoms with Gasteiger partial charge in [-0.3, -0.25) is 4.79 Å². The predicted octanol–water partition coefficient (Wildman–Crippen LogP) is 5.73. The highest BCUT2D eigenvalue weighted by atomic mass is 35.5. The van der Waals surface area contributed by atoms with Gasteiger partial charge in [0.25, 0.3) is 11.5 Å². The van der Waals surface area contributed by atoms with Crippen LogP contribution in [-0.2, 0) is 10.4 Å². The Morgan fingerprint density at radius 2 is 1.87 bits per heavy atom. The van der Waals surface area contributed by atoms with Gasteiger partial charge in [0.15, 0.2) is 0 Å². The number of alkyl halides is 3. The molecule has 1 saturated heterocycles. The Bertz CT molecular complexity index is 1050. The monoisotopic (exact) mass is 488 g/mol. The number of carbonyl (C=O) groups excluding carboxylic acids is 1. The zero-order chi connectivity index (χ0) is 22.4. The van der Waals surface area contributed by atoms with Crippen LogP contribution in [0.5, 0.6) is 0 Å². The Kier molecular flexibility index (Phi) is 5.91. The summed E-state index contributed by atoms with van der Waals surface area (Å²) in [6.07, 6.45) is -5.31. The van der Waals surface area contributed by atoms with E-state index in [1.165, 1.54) is 18.2 Å². The number of benzene rings is 2. The smallest absolute Gasteiger partial charge is 0.374 e. The van der Waals surface area contributed by atoms with Crippen LogP contribution in [0.4, 0.5) is 13.2 Å². The van der Waals surface area contributed by atoms with E-state index in [0.717, 1.165) is 11.5 Å². The molecule has 2 aromatic carbocycles. The summed E-state index contributed by atoms with van der Waals surface area (Å²) in [7, 11) is 0. The van der Waals surface area contributed by atoms with Gasteiger partial charge in [0.2, 0.25) is 0 Å². The van der Waals surface area contributed by atoms with Crippen LogP contribution < -0.4 is 5.32 Å². The molecule has 1 amide bonds. The lowest BCUT2D eigenvalue weighted by Crippen LogP contribution is -2.44. The lowest BCUT2D eigenvalue weighted by atomic mass is 9.86. The summed E-state index contributed by atoms with van der Waals surface area (Å²) >= 11 is 13.6. The van der Waals surface area contributed by atoms with Gasteiger partial charge in [0.05, 0.1) is 5.71 Å². The molecule has 0 unspecified atom stereocenters. The molecule has 0 radical (unpaired) electrons. The molecule has 4 rings (SSSR count). The third-order valence-corrected chi connectivity index (χ3v) is 7.00. The summed E-state index contributed by atoms with van der Waals surface area (Å²) in [6.45, 7) is 1.73. The average Bonchev–Trinajstić information content (AvgIpc) is 3.10. The molecule has 2 aliphatic rings. The van der Waals surface area contributed by atoms with E-state index in [2.05, 4.69) is 10.5 Å². The second kappa shape index (κ2) is 8.22. The van der Waals surface area contributed by atoms with Crippen molar-refractivity contribution in [2.45, 2.75) is 31.2 Å². The third-order valence-electron chi connectivity index (χ3n) is 5.29. The number of aryl methyl sites for hydroxylation is 1. The summed E-state index contributed by atoms with van der Waals surface area (Å²) in [5.74, 6) is 1.56. The van der Waals surface area contributed by atoms with Crippen molar-refractivity contribution < 1.29 is 22.8 Å². The highest BCUT2D eigenvalue weighted by molar-refractivity contribution is 8.00. The fraction of sp³-hybridized carbons (Fsp3) is 0.333. The minimum atomic E-state index is -4.76. The number of oxime groups is 1. The van der Waals surface area contributed by atoms with E-state index >= 15 is 0 Å². The Morgan fingerprint density at radius 3 is 2.42 bits per heavy atom. The number of hydrogen-bond donors (Lipinski definition) is 1. The number of nitrogens with one attached hydrogen (secondary N) is 1. The second-order valence-electron chi connectivity index (χ2n) is 7.53. The normalized spacial score (nSPS) is 21.3. The number of rotatable bonds is 4. The number of thioether (sulfide) groups is 1. The van der Waals surface area contributed by atoms with Crippen molar-refractivity contribution in [3.63, 3.8) is 0 Å². The van der Waals surface area contributed by atoms with Crippen LogP contribution in [-0.4, -0.2) is 35.3 Å². The Balaban J connectivity index is 1.61. The quantitative estimate of drug-likeness (QED) is 0.597. The molecular formula is C21H17Cl2F3N2O2S. The molecule has 0 bridgehead atoms. The highest BCUT2D eigenvalue weighted by Crippen LogP contribution is 2.49. The molecule has 2 aliphatic heterocycles. The van der Waals surface area contributed by atoms with Crippen molar-refractivity contribution in [2.75, 3.05) is 11.5 Å². The van der Waals surface area contributed by atoms with Crippen molar-refractivity contribution in [3.8, 4) is 0 Å². The lowest BCUT2D eigenvalue weighted by Gasteiger charge is -2.29. The topological polar surface area (TPSA) is 50.7 Å². The van der Waals surface area contributed by atoms with Crippen LogP contribution in [0.25, 0.3) is 0 Å². The van der Waals surface area contributed by atoms with E-state index in [1.54, 1.807) is 36.9 Å². The number of carbonyl (C=O) groups is 1. The van der Waals surface area contributed by atoms with Crippen molar-refractivity contribution in [2.24, 2.45) is 5.16 Å². The van der Waals surface area contributed by atoms with E-state index in [9.17, 15) is 18.0 Å². The van der Waals surface area contributed by atoms with E-state index in [0.29, 0.717) is 16.7 Å². The van der Waals surface area contributed by atoms with E-state index in [4.69, 9.17) is 28.0 Å². The fourth-order valence-corrected chi connectivity index (χ4v) is 4.69. The second-order valence-corrected chi connectivity index (χ2v) is 9.47. The van der Waals surface area contributed by atoms with Crippen molar-refractivity contribution >= 4 is 46.6 Å². The van der Waals surface area contributed by atoms with Crippen LogP contribution in [0, 0.1) is 6.92 Å². The van der Waals surface area contributed by atoms with Crippen LogP contribution in [0.15, 0.2) is 41.6 Å². The van der Waals surface area contributed by atoms with Gasteiger partial charge in [0, 0.05) is 45.1 Å². The van der Waals surface area contributed by atoms with Crippen molar-refractivity contribution in [1.82, 2.24) is 5.32 Å². The standard InChI is InChI=1S/C21H17Cl2F3N2O2S/c1-11-4-12(2-3-17(11)19(29)27-16-9-31-10-16)18-8-20(30-28-18,21(24,25)26)13-5-14(22)7-15(23)6-13/h2-7,16H,8-10H2,1H3,(H,27,29)/t20-/m0/s1. The minimum Gasteiger partial charge on any atom is -0.374 e. The molecule has 10 heteroatoms. The average molecular weight is 489 g/mol. The lowest BCUT2D eigenvalue weighted by molar-refractivity contribution is -0.275. The zero-order valence-electron chi connectivity index (χ0n) is 16.2. The Hall–Kier alpha value is -1.90. The van der Waals surface area contributed by atoms with Crippen molar-refractivity contribution in [1.29, 1.82) is 0 Å². The molecule has 164 valence electrons. The SMILES string of the molecule is Cc1cc(C2=NO[C@@](c3cc(Cl)cc(Cl)c3)(C(F)(F)F)C2)ccc1C(=O)NC1CSC1. The molecule has 31 heavy (non-hydrogen) atoms. The summed E-state index contributed by atoms with van der Waals surface area (Å²) in [6, 6.07) is 8.68. The molecule has 0 aromatic heterocycles. The molecule has 4 nitrogen and oxygen atoms in total. The van der Waals surface area contributed by atoms with Gasteiger partial charge in [-0.05, 0) is 48.4 Å². The summed E-state index contributed by atoms with van der Waals surface area (Å²) in [5.41, 5.74) is -1.22. The summed E-state index contributed by atoms with van der Waals surface area (Å²) in [4.78, 5) is 17.5. The predicted molar refractivity (Wildman–Crippen MR) is 116 cm³/mol. The van der Waals surface area contributed by atoms with Gasteiger partial charge in [-0.15, -0.1) is 0 Å². The first-order chi connectivity index (χ1) is 14.6. The maximum absolute atomic E-state index is 14.1. The number of nitrogens with zero attached hydrogens (tertiary/aromatic N) is 1. The van der Waals surface area contributed by atoms with E-state index in [-0.39, 0.29) is 33.3 Å². The number of hydrogen-bond acceptors (Lipinski definition) is 4. The molecule has 0 aliphatic carbocycles. The summed E-state index contributed by atoms with van der Waals surface area (Å²) < 4.78 is 42.4. The van der Waals surface area contributed by atoms with E-state index in [1.807, 2.05) is 0 Å². The largest absolute Gasteiger partial charge is 0.435 e. The van der Waals surface area contributed by atoms with Crippen LogP contribution in [0.2, 0.25) is 10.0 Å². The Labute approximate surface area is 191 Å². The van der Waals surface area contributed by atoms with Gasteiger partial charge in [-0.2, -0.15) is 24.9 Å². The first-order valence-electron chi connectivity index (χ1n) is 9.37. The fourth-order valence-electron chi connectivity index (χ4n) is 3.53. The highest BCUT2D eigenvalue weighted by Gasteiger charge is 2.62. The maximum atomic E-state index is 14.1. The molecule has 1 N–H and O–H groups in total. The van der Waals surface area contributed by atoms with Gasteiger partial charge in [-0.25, -0.2) is 0 Å².